The highest BCUT2D eigenvalue weighted by Gasteiger charge is 2.27. The number of fused-ring (bicyclic) bond motifs is 1. The number of halogens is 2. The molecule has 3 heterocycles. The number of nitrogens with one attached hydrogen (secondary N) is 2. The first kappa shape index (κ1) is 20.2. The highest BCUT2D eigenvalue weighted by Crippen LogP contribution is 2.30. The Kier molecular flexibility index (Phi) is 7.31. The summed E-state index contributed by atoms with van der Waals surface area (Å²) in [4.78, 5) is 19.3. The Hall–Kier alpha value is -1.08. The average Bonchev–Trinajstić information content (AvgIpc) is 3.25. The zero-order valence-electron chi connectivity index (χ0n) is 13.9. The number of para-hydroxylation sites is 1. The zero-order chi connectivity index (χ0) is 15.6. The monoisotopic (exact) mass is 402 g/mol. The molecule has 4 rings (SSSR count). The van der Waals surface area contributed by atoms with Crippen LogP contribution in [-0.2, 0) is 4.79 Å². The van der Waals surface area contributed by atoms with Crippen molar-refractivity contribution in [1.82, 2.24) is 15.6 Å². The summed E-state index contributed by atoms with van der Waals surface area (Å²) < 4.78 is 1.24. The molecule has 0 aliphatic carbocycles. The van der Waals surface area contributed by atoms with Crippen LogP contribution in [-0.4, -0.2) is 42.6 Å². The fraction of sp³-hybridized carbons (Fsp3) is 0.529. The van der Waals surface area contributed by atoms with E-state index in [1.54, 1.807) is 11.3 Å². The van der Waals surface area contributed by atoms with Crippen LogP contribution in [0.2, 0.25) is 0 Å². The second-order valence-electron chi connectivity index (χ2n) is 6.38. The van der Waals surface area contributed by atoms with Crippen LogP contribution in [0.15, 0.2) is 24.3 Å². The van der Waals surface area contributed by atoms with Crippen LogP contribution in [0.3, 0.4) is 0 Å². The molecular formula is C17H24Cl2N4OS. The summed E-state index contributed by atoms with van der Waals surface area (Å²) in [6.07, 6.45) is 4.06. The van der Waals surface area contributed by atoms with Gasteiger partial charge >= 0.3 is 0 Å². The number of rotatable bonds is 3. The predicted octanol–water partition coefficient (Wildman–Crippen LogP) is 2.98. The number of anilines is 1. The van der Waals surface area contributed by atoms with Gasteiger partial charge in [0.25, 0.3) is 0 Å². The second-order valence-corrected chi connectivity index (χ2v) is 7.39. The molecule has 1 atom stereocenters. The number of carbonyl (C=O) groups excluding carboxylic acids is 1. The molecule has 1 aromatic heterocycles. The lowest BCUT2D eigenvalue weighted by atomic mass is 10.0. The molecule has 1 aromatic carbocycles. The number of thiazole rings is 1. The molecule has 1 unspecified atom stereocenters. The summed E-state index contributed by atoms with van der Waals surface area (Å²) in [6, 6.07) is 8.61. The molecular weight excluding hydrogens is 379 g/mol. The molecule has 2 aromatic rings. The highest BCUT2D eigenvalue weighted by molar-refractivity contribution is 7.22. The van der Waals surface area contributed by atoms with Crippen LogP contribution in [0.1, 0.15) is 25.7 Å². The third-order valence-electron chi connectivity index (χ3n) is 4.77. The summed E-state index contributed by atoms with van der Waals surface area (Å²) in [5.41, 5.74) is 1.08. The molecule has 2 aliphatic heterocycles. The molecule has 0 saturated carbocycles. The van der Waals surface area contributed by atoms with E-state index in [1.807, 2.05) is 6.07 Å². The van der Waals surface area contributed by atoms with Gasteiger partial charge in [0.1, 0.15) is 0 Å². The van der Waals surface area contributed by atoms with E-state index in [1.165, 1.54) is 4.70 Å². The Labute approximate surface area is 164 Å². The minimum absolute atomic E-state index is 0. The van der Waals surface area contributed by atoms with E-state index in [0.717, 1.165) is 56.0 Å². The largest absolute Gasteiger partial charge is 0.352 e. The van der Waals surface area contributed by atoms with Crippen LogP contribution in [0.5, 0.6) is 0 Å². The number of nitrogens with zero attached hydrogens (tertiary/aromatic N) is 2. The van der Waals surface area contributed by atoms with Crippen LogP contribution >= 0.6 is 36.2 Å². The standard InChI is InChI=1S/C17H22N4OS.2ClH/c22-16(14-5-3-9-18-14)19-12-7-10-21(11-8-12)17-20-13-4-1-2-6-15(13)23-17;;/h1-2,4,6,12,14,18H,3,5,7-11H2,(H,19,22);2*1H. The lowest BCUT2D eigenvalue weighted by Gasteiger charge is -2.32. The molecule has 1 amide bonds. The van der Waals surface area contributed by atoms with Gasteiger partial charge in [-0.15, -0.1) is 24.8 Å². The summed E-state index contributed by atoms with van der Waals surface area (Å²) in [5.74, 6) is 0.181. The Bertz CT molecular complexity index is 664. The molecule has 0 bridgehead atoms. The van der Waals surface area contributed by atoms with Crippen molar-refractivity contribution in [3.05, 3.63) is 24.3 Å². The minimum Gasteiger partial charge on any atom is -0.352 e. The van der Waals surface area contributed by atoms with Crippen molar-refractivity contribution in [2.45, 2.75) is 37.8 Å². The maximum absolute atomic E-state index is 12.2. The average molecular weight is 403 g/mol. The van der Waals surface area contributed by atoms with E-state index in [4.69, 9.17) is 4.98 Å². The van der Waals surface area contributed by atoms with Gasteiger partial charge in [0.05, 0.1) is 16.3 Å². The van der Waals surface area contributed by atoms with Crippen LogP contribution < -0.4 is 15.5 Å². The normalized spacial score (nSPS) is 20.8. The van der Waals surface area contributed by atoms with Gasteiger partial charge in [-0.05, 0) is 44.4 Å². The van der Waals surface area contributed by atoms with Crippen molar-refractivity contribution in [2.24, 2.45) is 0 Å². The number of carbonyl (C=O) groups is 1. The third kappa shape index (κ3) is 4.56. The topological polar surface area (TPSA) is 57.3 Å². The van der Waals surface area contributed by atoms with Crippen molar-refractivity contribution in [1.29, 1.82) is 0 Å². The van der Waals surface area contributed by atoms with Crippen molar-refractivity contribution in [2.75, 3.05) is 24.5 Å². The van der Waals surface area contributed by atoms with Crippen molar-refractivity contribution in [3.63, 3.8) is 0 Å². The maximum Gasteiger partial charge on any atom is 0.237 e. The molecule has 138 valence electrons. The van der Waals surface area contributed by atoms with Gasteiger partial charge < -0.3 is 15.5 Å². The highest BCUT2D eigenvalue weighted by atomic mass is 35.5. The number of hydrogen-bond acceptors (Lipinski definition) is 5. The quantitative estimate of drug-likeness (QED) is 0.828. The lowest BCUT2D eigenvalue weighted by Crippen LogP contribution is -2.49. The summed E-state index contributed by atoms with van der Waals surface area (Å²) in [6.45, 7) is 2.89. The first-order chi connectivity index (χ1) is 11.3. The number of benzene rings is 1. The molecule has 2 saturated heterocycles. The Morgan fingerprint density at radius 1 is 1.20 bits per heavy atom. The summed E-state index contributed by atoms with van der Waals surface area (Å²) >= 11 is 1.76. The van der Waals surface area contributed by atoms with Gasteiger partial charge in [0, 0.05) is 19.1 Å². The first-order valence-corrected chi connectivity index (χ1v) is 9.25. The SMILES string of the molecule is Cl.Cl.O=C(NC1CCN(c2nc3ccccc3s2)CC1)C1CCCN1. The number of amides is 1. The van der Waals surface area contributed by atoms with Gasteiger partial charge in [0.2, 0.25) is 5.91 Å². The molecule has 2 fully saturated rings. The van der Waals surface area contributed by atoms with Gasteiger partial charge in [-0.2, -0.15) is 0 Å². The molecule has 5 nitrogen and oxygen atoms in total. The van der Waals surface area contributed by atoms with Gasteiger partial charge in [-0.25, -0.2) is 4.98 Å². The van der Waals surface area contributed by atoms with Crippen LogP contribution in [0.25, 0.3) is 10.2 Å². The van der Waals surface area contributed by atoms with E-state index in [2.05, 4.69) is 33.7 Å². The Morgan fingerprint density at radius 2 is 1.96 bits per heavy atom. The summed E-state index contributed by atoms with van der Waals surface area (Å²) in [5, 5.41) is 7.58. The maximum atomic E-state index is 12.2. The number of aromatic nitrogens is 1. The van der Waals surface area contributed by atoms with E-state index >= 15 is 0 Å². The first-order valence-electron chi connectivity index (χ1n) is 8.44. The molecule has 0 radical (unpaired) electrons. The van der Waals surface area contributed by atoms with E-state index < -0.39 is 0 Å². The van der Waals surface area contributed by atoms with E-state index in [-0.39, 0.29) is 36.8 Å². The van der Waals surface area contributed by atoms with E-state index in [0.29, 0.717) is 6.04 Å². The fourth-order valence-corrected chi connectivity index (χ4v) is 4.44. The second kappa shape index (κ2) is 9.03. The van der Waals surface area contributed by atoms with Crippen molar-refractivity contribution in [3.8, 4) is 0 Å². The molecule has 2 aliphatic rings. The van der Waals surface area contributed by atoms with Gasteiger partial charge in [-0.3, -0.25) is 4.79 Å². The zero-order valence-corrected chi connectivity index (χ0v) is 16.4. The van der Waals surface area contributed by atoms with Gasteiger partial charge in [0.15, 0.2) is 5.13 Å². The Morgan fingerprint density at radius 3 is 2.64 bits per heavy atom. The molecule has 2 N–H and O–H groups in total. The predicted molar refractivity (Wildman–Crippen MR) is 109 cm³/mol. The molecule has 8 heteroatoms. The molecule has 25 heavy (non-hydrogen) atoms. The van der Waals surface area contributed by atoms with Crippen molar-refractivity contribution >= 4 is 57.4 Å². The number of hydrogen-bond donors (Lipinski definition) is 2. The fourth-order valence-electron chi connectivity index (χ4n) is 3.42. The third-order valence-corrected chi connectivity index (χ3v) is 5.87. The smallest absolute Gasteiger partial charge is 0.237 e. The lowest BCUT2D eigenvalue weighted by molar-refractivity contribution is -0.123. The van der Waals surface area contributed by atoms with E-state index in [9.17, 15) is 4.79 Å². The number of piperidine rings is 1. The van der Waals surface area contributed by atoms with Crippen LogP contribution in [0.4, 0.5) is 5.13 Å². The minimum atomic E-state index is 0. The van der Waals surface area contributed by atoms with Crippen molar-refractivity contribution < 1.29 is 4.79 Å². The molecule has 0 spiro atoms. The Balaban J connectivity index is 0.00000113. The van der Waals surface area contributed by atoms with Crippen LogP contribution in [0, 0.1) is 0 Å². The van der Waals surface area contributed by atoms with Gasteiger partial charge in [-0.1, -0.05) is 23.5 Å². The summed E-state index contributed by atoms with van der Waals surface area (Å²) in [7, 11) is 0.